The average Bonchev–Trinajstić information content (AvgIpc) is 2.91. The van der Waals surface area contributed by atoms with Crippen LogP contribution in [0, 0.1) is 13.8 Å². The Balaban J connectivity index is 2.04. The van der Waals surface area contributed by atoms with Crippen molar-refractivity contribution in [2.45, 2.75) is 58.0 Å². The van der Waals surface area contributed by atoms with Gasteiger partial charge in [-0.15, -0.1) is 0 Å². The number of nitrogens with one attached hydrogen (secondary N) is 1. The first-order chi connectivity index (χ1) is 18.9. The molecule has 0 saturated carbocycles. The van der Waals surface area contributed by atoms with Crippen molar-refractivity contribution in [2.24, 2.45) is 0 Å². The number of carbonyl (C=O) groups excluding carboxylic acids is 2. The van der Waals surface area contributed by atoms with E-state index in [0.29, 0.717) is 27.8 Å². The summed E-state index contributed by atoms with van der Waals surface area (Å²) in [4.78, 5) is 28.4. The van der Waals surface area contributed by atoms with Crippen molar-refractivity contribution in [1.29, 1.82) is 0 Å². The number of amides is 2. The van der Waals surface area contributed by atoms with E-state index in [1.165, 1.54) is 17.0 Å². The molecule has 2 amide bonds. The Morgan fingerprint density at radius 2 is 1.55 bits per heavy atom. The Hall–Kier alpha value is -3.07. The van der Waals surface area contributed by atoms with Gasteiger partial charge in [0.05, 0.1) is 10.6 Å². The quantitative estimate of drug-likeness (QED) is 0.252. The summed E-state index contributed by atoms with van der Waals surface area (Å²) in [5.74, 6) is -0.931. The van der Waals surface area contributed by atoms with Crippen LogP contribution in [-0.4, -0.2) is 44.3 Å². The number of benzene rings is 3. The maximum Gasteiger partial charge on any atom is 0.264 e. The summed E-state index contributed by atoms with van der Waals surface area (Å²) in [7, 11) is -4.14. The number of rotatable bonds is 12. The van der Waals surface area contributed by atoms with E-state index in [4.69, 9.17) is 23.2 Å². The summed E-state index contributed by atoms with van der Waals surface area (Å²) in [6, 6.07) is 17.4. The summed E-state index contributed by atoms with van der Waals surface area (Å²) in [5, 5.41) is 3.54. The molecule has 214 valence electrons. The summed E-state index contributed by atoms with van der Waals surface area (Å²) in [6.07, 6.45) is 1.69. The summed E-state index contributed by atoms with van der Waals surface area (Å²) >= 11 is 12.8. The Morgan fingerprint density at radius 1 is 0.925 bits per heavy atom. The topological polar surface area (TPSA) is 86.8 Å². The highest BCUT2D eigenvalue weighted by molar-refractivity contribution is 7.92. The molecule has 0 fully saturated rings. The molecule has 1 unspecified atom stereocenters. The predicted molar refractivity (Wildman–Crippen MR) is 161 cm³/mol. The van der Waals surface area contributed by atoms with Gasteiger partial charge in [0.2, 0.25) is 11.8 Å². The lowest BCUT2D eigenvalue weighted by Crippen LogP contribution is -2.51. The standard InChI is InChI=1S/C30H35Cl2N3O4S/c1-5-6-17-33-30(37)23(4)34(19-26-27(31)11-8-12-28(26)32)29(36)20-35(24-10-7-9-22(3)18-24)40(38,39)25-15-13-21(2)14-16-25/h7-16,18,23H,5-6,17,19-20H2,1-4H3,(H,33,37). The van der Waals surface area contributed by atoms with Gasteiger partial charge in [-0.3, -0.25) is 13.9 Å². The lowest BCUT2D eigenvalue weighted by atomic mass is 10.1. The molecule has 0 aliphatic rings. The molecule has 40 heavy (non-hydrogen) atoms. The fourth-order valence-corrected chi connectivity index (χ4v) is 6.04. The second-order valence-corrected chi connectivity index (χ2v) is 12.4. The van der Waals surface area contributed by atoms with E-state index in [-0.39, 0.29) is 17.3 Å². The fourth-order valence-electron chi connectivity index (χ4n) is 4.12. The van der Waals surface area contributed by atoms with Crippen molar-refractivity contribution in [3.05, 3.63) is 93.5 Å². The second-order valence-electron chi connectivity index (χ2n) is 9.71. The summed E-state index contributed by atoms with van der Waals surface area (Å²) < 4.78 is 28.9. The van der Waals surface area contributed by atoms with Crippen LogP contribution >= 0.6 is 23.2 Å². The van der Waals surface area contributed by atoms with Crippen LogP contribution < -0.4 is 9.62 Å². The normalized spacial score (nSPS) is 12.1. The van der Waals surface area contributed by atoms with E-state index in [0.717, 1.165) is 28.3 Å². The van der Waals surface area contributed by atoms with Crippen molar-refractivity contribution < 1.29 is 18.0 Å². The molecule has 0 aromatic heterocycles. The number of sulfonamides is 1. The van der Waals surface area contributed by atoms with Crippen LogP contribution in [0.4, 0.5) is 5.69 Å². The zero-order valence-corrected chi connectivity index (χ0v) is 25.5. The molecule has 3 rings (SSSR count). The van der Waals surface area contributed by atoms with E-state index in [1.54, 1.807) is 55.5 Å². The molecule has 0 spiro atoms. The van der Waals surface area contributed by atoms with Crippen LogP contribution in [0.15, 0.2) is 71.6 Å². The largest absolute Gasteiger partial charge is 0.354 e. The maximum atomic E-state index is 14.0. The minimum Gasteiger partial charge on any atom is -0.354 e. The summed E-state index contributed by atoms with van der Waals surface area (Å²) in [5.41, 5.74) is 2.54. The molecule has 0 aliphatic heterocycles. The zero-order valence-electron chi connectivity index (χ0n) is 23.2. The maximum absolute atomic E-state index is 14.0. The number of carbonyl (C=O) groups is 2. The molecule has 3 aromatic rings. The van der Waals surface area contributed by atoms with Crippen LogP contribution in [-0.2, 0) is 26.2 Å². The first-order valence-electron chi connectivity index (χ1n) is 13.1. The molecule has 1 atom stereocenters. The van der Waals surface area contributed by atoms with E-state index < -0.39 is 28.5 Å². The molecule has 0 bridgehead atoms. The van der Waals surface area contributed by atoms with Crippen LogP contribution in [0.3, 0.4) is 0 Å². The second kappa shape index (κ2) is 14.0. The highest BCUT2D eigenvalue weighted by Gasteiger charge is 2.33. The smallest absolute Gasteiger partial charge is 0.264 e. The van der Waals surface area contributed by atoms with Crippen molar-refractivity contribution in [1.82, 2.24) is 10.2 Å². The van der Waals surface area contributed by atoms with Crippen molar-refractivity contribution in [2.75, 3.05) is 17.4 Å². The van der Waals surface area contributed by atoms with Gasteiger partial charge in [-0.25, -0.2) is 8.42 Å². The number of halogens is 2. The summed E-state index contributed by atoms with van der Waals surface area (Å²) in [6.45, 7) is 7.18. The number of nitrogens with zero attached hydrogens (tertiary/aromatic N) is 2. The Bertz CT molecular complexity index is 1430. The van der Waals surface area contributed by atoms with Crippen molar-refractivity contribution >= 4 is 50.7 Å². The number of hydrogen-bond acceptors (Lipinski definition) is 4. The Morgan fingerprint density at radius 3 is 2.15 bits per heavy atom. The van der Waals surface area contributed by atoms with Gasteiger partial charge >= 0.3 is 0 Å². The first-order valence-corrected chi connectivity index (χ1v) is 15.3. The van der Waals surface area contributed by atoms with Gasteiger partial charge in [-0.1, -0.05) is 72.4 Å². The van der Waals surface area contributed by atoms with Crippen LogP contribution in [0.1, 0.15) is 43.4 Å². The molecule has 0 radical (unpaired) electrons. The molecule has 7 nitrogen and oxygen atoms in total. The molecule has 0 aliphatic carbocycles. The Kier molecular flexibility index (Phi) is 11.0. The van der Waals surface area contributed by atoms with E-state index in [9.17, 15) is 18.0 Å². The molecule has 1 N–H and O–H groups in total. The van der Waals surface area contributed by atoms with Crippen LogP contribution in [0.25, 0.3) is 0 Å². The average molecular weight is 605 g/mol. The molecule has 3 aromatic carbocycles. The minimum atomic E-state index is -4.14. The third-order valence-corrected chi connectivity index (χ3v) is 9.06. The van der Waals surface area contributed by atoms with E-state index >= 15 is 0 Å². The zero-order chi connectivity index (χ0) is 29.4. The predicted octanol–water partition coefficient (Wildman–Crippen LogP) is 6.14. The van der Waals surface area contributed by atoms with Gasteiger partial charge in [-0.05, 0) is 69.2 Å². The monoisotopic (exact) mass is 603 g/mol. The third kappa shape index (κ3) is 7.77. The molecule has 0 saturated heterocycles. The Labute approximate surface area is 247 Å². The molecular weight excluding hydrogens is 569 g/mol. The van der Waals surface area contributed by atoms with Crippen molar-refractivity contribution in [3.63, 3.8) is 0 Å². The fraction of sp³-hybridized carbons (Fsp3) is 0.333. The molecule has 10 heteroatoms. The molecular formula is C30H35Cl2N3O4S. The van der Waals surface area contributed by atoms with Crippen LogP contribution in [0.2, 0.25) is 10.0 Å². The van der Waals surface area contributed by atoms with Gasteiger partial charge in [0.25, 0.3) is 10.0 Å². The third-order valence-electron chi connectivity index (χ3n) is 6.56. The first kappa shape index (κ1) is 31.5. The lowest BCUT2D eigenvalue weighted by molar-refractivity contribution is -0.139. The van der Waals surface area contributed by atoms with Gasteiger partial charge in [0.15, 0.2) is 0 Å². The minimum absolute atomic E-state index is 0.0541. The number of hydrogen-bond donors (Lipinski definition) is 1. The van der Waals surface area contributed by atoms with Crippen molar-refractivity contribution in [3.8, 4) is 0 Å². The van der Waals surface area contributed by atoms with Gasteiger partial charge < -0.3 is 10.2 Å². The van der Waals surface area contributed by atoms with Crippen LogP contribution in [0.5, 0.6) is 0 Å². The van der Waals surface area contributed by atoms with Gasteiger partial charge in [-0.2, -0.15) is 0 Å². The molecule has 0 heterocycles. The number of aryl methyl sites for hydroxylation is 2. The lowest BCUT2D eigenvalue weighted by Gasteiger charge is -2.32. The van der Waals surface area contributed by atoms with Gasteiger partial charge in [0, 0.05) is 28.7 Å². The van der Waals surface area contributed by atoms with E-state index in [1.807, 2.05) is 26.8 Å². The highest BCUT2D eigenvalue weighted by Crippen LogP contribution is 2.28. The van der Waals surface area contributed by atoms with E-state index in [2.05, 4.69) is 5.32 Å². The highest BCUT2D eigenvalue weighted by atomic mass is 35.5. The van der Waals surface area contributed by atoms with Gasteiger partial charge in [0.1, 0.15) is 12.6 Å². The number of unbranched alkanes of at least 4 members (excludes halogenated alkanes) is 1. The number of anilines is 1. The SMILES string of the molecule is CCCCNC(=O)C(C)N(Cc1c(Cl)cccc1Cl)C(=O)CN(c1cccc(C)c1)S(=O)(=O)c1ccc(C)cc1.